The fraction of sp³-hybridized carbons (Fsp3) is 0.429. The third-order valence-corrected chi connectivity index (χ3v) is 3.00. The Bertz CT molecular complexity index is 543. The van der Waals surface area contributed by atoms with Crippen LogP contribution in [-0.2, 0) is 4.79 Å². The zero-order chi connectivity index (χ0) is 16.2. The molecule has 1 aromatic rings. The number of carbonyl (C=O) groups excluding carboxylic acids is 2. The van der Waals surface area contributed by atoms with Gasteiger partial charge in [0.1, 0.15) is 0 Å². The fourth-order valence-corrected chi connectivity index (χ4v) is 1.89. The summed E-state index contributed by atoms with van der Waals surface area (Å²) in [5.41, 5.74) is 11.6. The van der Waals surface area contributed by atoms with Gasteiger partial charge in [0.15, 0.2) is 11.5 Å². The molecular formula is C14H21N3O4. The Hall–Kier alpha value is -2.44. The zero-order valence-electron chi connectivity index (χ0n) is 12.7. The molecule has 0 heterocycles. The Morgan fingerprint density at radius 3 is 2.14 bits per heavy atom. The van der Waals surface area contributed by atoms with Gasteiger partial charge in [-0.05, 0) is 19.9 Å². The first kappa shape index (κ1) is 16.6. The number of methoxy groups -OCH3 is 2. The molecule has 0 fully saturated rings. The van der Waals surface area contributed by atoms with E-state index in [0.717, 1.165) is 0 Å². The molecule has 0 aliphatic rings. The number of benzene rings is 1. The number of amides is 2. The first-order valence-electron chi connectivity index (χ1n) is 6.42. The minimum Gasteiger partial charge on any atom is -0.493 e. The summed E-state index contributed by atoms with van der Waals surface area (Å²) in [6.45, 7) is 3.40. The Labute approximate surface area is 123 Å². The predicted molar refractivity (Wildman–Crippen MR) is 79.3 cm³/mol. The highest BCUT2D eigenvalue weighted by molar-refractivity contribution is 6.01. The zero-order valence-corrected chi connectivity index (χ0v) is 12.7. The summed E-state index contributed by atoms with van der Waals surface area (Å²) in [4.78, 5) is 25.0. The monoisotopic (exact) mass is 295 g/mol. The molecular weight excluding hydrogens is 274 g/mol. The molecule has 116 valence electrons. The van der Waals surface area contributed by atoms with Crippen molar-refractivity contribution in [3.63, 3.8) is 0 Å². The third kappa shape index (κ3) is 3.77. The molecule has 7 heteroatoms. The van der Waals surface area contributed by atoms with Crippen LogP contribution in [0.3, 0.4) is 0 Å². The molecule has 0 saturated carbocycles. The van der Waals surface area contributed by atoms with Gasteiger partial charge in [0.05, 0.1) is 26.3 Å². The molecule has 0 bridgehead atoms. The van der Waals surface area contributed by atoms with E-state index in [1.165, 1.54) is 31.3 Å². The van der Waals surface area contributed by atoms with E-state index in [0.29, 0.717) is 11.5 Å². The Balaban J connectivity index is 3.24. The maximum atomic E-state index is 12.6. The minimum atomic E-state index is -0.587. The molecule has 2 amide bonds. The summed E-state index contributed by atoms with van der Waals surface area (Å²) < 4.78 is 10.3. The number of primary amides is 1. The maximum absolute atomic E-state index is 12.6. The van der Waals surface area contributed by atoms with Crippen molar-refractivity contribution in [1.82, 2.24) is 4.90 Å². The number of rotatable bonds is 6. The molecule has 4 N–H and O–H groups in total. The van der Waals surface area contributed by atoms with Crippen molar-refractivity contribution in [2.45, 2.75) is 19.9 Å². The number of anilines is 1. The fourth-order valence-electron chi connectivity index (χ4n) is 1.89. The molecule has 0 aliphatic carbocycles. The second-order valence-corrected chi connectivity index (χ2v) is 4.79. The van der Waals surface area contributed by atoms with Gasteiger partial charge in [-0.2, -0.15) is 0 Å². The second-order valence-electron chi connectivity index (χ2n) is 4.79. The first-order valence-corrected chi connectivity index (χ1v) is 6.42. The second kappa shape index (κ2) is 6.83. The molecule has 0 spiro atoms. The highest BCUT2D eigenvalue weighted by Gasteiger charge is 2.24. The highest BCUT2D eigenvalue weighted by Crippen LogP contribution is 2.32. The first-order chi connectivity index (χ1) is 9.81. The van der Waals surface area contributed by atoms with E-state index in [9.17, 15) is 9.59 Å². The molecule has 0 atom stereocenters. The van der Waals surface area contributed by atoms with Crippen molar-refractivity contribution < 1.29 is 19.1 Å². The van der Waals surface area contributed by atoms with Gasteiger partial charge in [-0.15, -0.1) is 0 Å². The summed E-state index contributed by atoms with van der Waals surface area (Å²) in [7, 11) is 2.94. The Kier molecular flexibility index (Phi) is 5.40. The third-order valence-electron chi connectivity index (χ3n) is 3.00. The van der Waals surface area contributed by atoms with Gasteiger partial charge in [-0.25, -0.2) is 0 Å². The quantitative estimate of drug-likeness (QED) is 0.748. The van der Waals surface area contributed by atoms with Crippen LogP contribution in [0.4, 0.5) is 5.69 Å². The van der Waals surface area contributed by atoms with E-state index in [4.69, 9.17) is 20.9 Å². The predicted octanol–water partition coefficient (Wildman–Crippen LogP) is 0.622. The van der Waals surface area contributed by atoms with Gasteiger partial charge in [-0.1, -0.05) is 0 Å². The summed E-state index contributed by atoms with van der Waals surface area (Å²) >= 11 is 0. The van der Waals surface area contributed by atoms with Crippen molar-refractivity contribution in [3.8, 4) is 11.5 Å². The summed E-state index contributed by atoms with van der Waals surface area (Å²) in [6, 6.07) is 2.80. The smallest absolute Gasteiger partial charge is 0.256 e. The minimum absolute atomic E-state index is 0.176. The molecule has 7 nitrogen and oxygen atoms in total. The Morgan fingerprint density at radius 2 is 1.71 bits per heavy atom. The van der Waals surface area contributed by atoms with Gasteiger partial charge >= 0.3 is 0 Å². The number of nitrogens with two attached hydrogens (primary N) is 2. The lowest BCUT2D eigenvalue weighted by Gasteiger charge is -2.26. The highest BCUT2D eigenvalue weighted by atomic mass is 16.5. The molecule has 0 aromatic heterocycles. The van der Waals surface area contributed by atoms with Crippen molar-refractivity contribution >= 4 is 17.5 Å². The molecule has 1 aromatic carbocycles. The van der Waals surface area contributed by atoms with Crippen molar-refractivity contribution in [2.24, 2.45) is 5.73 Å². The van der Waals surface area contributed by atoms with Crippen molar-refractivity contribution in [3.05, 3.63) is 17.7 Å². The van der Waals surface area contributed by atoms with Crippen LogP contribution in [0.25, 0.3) is 0 Å². The van der Waals surface area contributed by atoms with Crippen LogP contribution in [0, 0.1) is 0 Å². The van der Waals surface area contributed by atoms with E-state index in [1.54, 1.807) is 13.8 Å². The van der Waals surface area contributed by atoms with Crippen LogP contribution >= 0.6 is 0 Å². The molecule has 0 unspecified atom stereocenters. The van der Waals surface area contributed by atoms with Crippen LogP contribution < -0.4 is 20.9 Å². The van der Waals surface area contributed by atoms with Gasteiger partial charge in [-0.3, -0.25) is 9.59 Å². The number of hydrogen-bond acceptors (Lipinski definition) is 5. The van der Waals surface area contributed by atoms with Crippen LogP contribution in [0.5, 0.6) is 11.5 Å². The van der Waals surface area contributed by atoms with Crippen molar-refractivity contribution in [2.75, 3.05) is 26.5 Å². The molecule has 0 saturated heterocycles. The number of hydrogen-bond donors (Lipinski definition) is 2. The topological polar surface area (TPSA) is 108 Å². The van der Waals surface area contributed by atoms with Gasteiger partial charge < -0.3 is 25.8 Å². The largest absolute Gasteiger partial charge is 0.493 e. The van der Waals surface area contributed by atoms with E-state index in [2.05, 4.69) is 0 Å². The van der Waals surface area contributed by atoms with E-state index < -0.39 is 5.91 Å². The Morgan fingerprint density at radius 1 is 1.19 bits per heavy atom. The van der Waals surface area contributed by atoms with E-state index in [-0.39, 0.29) is 29.7 Å². The van der Waals surface area contributed by atoms with Gasteiger partial charge in [0, 0.05) is 17.8 Å². The molecule has 1 rings (SSSR count). The number of ether oxygens (including phenoxy) is 2. The lowest BCUT2D eigenvalue weighted by molar-refractivity contribution is -0.119. The lowest BCUT2D eigenvalue weighted by Crippen LogP contribution is -2.43. The van der Waals surface area contributed by atoms with E-state index in [1.807, 2.05) is 0 Å². The van der Waals surface area contributed by atoms with Crippen LogP contribution in [0.1, 0.15) is 24.2 Å². The normalized spacial score (nSPS) is 10.3. The number of carbonyl (C=O) groups is 2. The van der Waals surface area contributed by atoms with Crippen LogP contribution in [0.15, 0.2) is 12.1 Å². The van der Waals surface area contributed by atoms with Crippen LogP contribution in [0.2, 0.25) is 0 Å². The summed E-state index contributed by atoms with van der Waals surface area (Å²) in [5, 5.41) is 0. The average Bonchev–Trinajstić information content (AvgIpc) is 2.43. The maximum Gasteiger partial charge on any atom is 0.256 e. The summed E-state index contributed by atoms with van der Waals surface area (Å²) in [5.74, 6) is -0.159. The summed E-state index contributed by atoms with van der Waals surface area (Å²) in [6.07, 6.45) is 0. The lowest BCUT2D eigenvalue weighted by atomic mass is 10.1. The van der Waals surface area contributed by atoms with E-state index >= 15 is 0 Å². The molecule has 0 radical (unpaired) electrons. The standard InChI is InChI=1S/C14H21N3O4/c1-8(2)17(7-13(16)18)14(19)9-5-11(20-3)12(21-4)6-10(9)15/h5-6,8H,7,15H2,1-4H3,(H2,16,18). The number of nitrogen functional groups attached to an aromatic ring is 1. The average molecular weight is 295 g/mol. The van der Waals surface area contributed by atoms with Crippen molar-refractivity contribution in [1.29, 1.82) is 0 Å². The SMILES string of the molecule is COc1cc(N)c(C(=O)N(CC(N)=O)C(C)C)cc1OC. The molecule has 0 aliphatic heterocycles. The molecule has 21 heavy (non-hydrogen) atoms. The van der Waals surface area contributed by atoms with Gasteiger partial charge in [0.25, 0.3) is 5.91 Å². The van der Waals surface area contributed by atoms with Crippen LogP contribution in [-0.4, -0.2) is 43.5 Å². The van der Waals surface area contributed by atoms with Gasteiger partial charge in [0.2, 0.25) is 5.91 Å². The number of nitrogens with zero attached hydrogens (tertiary/aromatic N) is 1.